The van der Waals surface area contributed by atoms with Crippen LogP contribution in [-0.2, 0) is 16.1 Å². The van der Waals surface area contributed by atoms with E-state index in [-0.39, 0.29) is 29.7 Å². The zero-order chi connectivity index (χ0) is 26.5. The highest BCUT2D eigenvalue weighted by molar-refractivity contribution is 6.30. The van der Waals surface area contributed by atoms with E-state index in [1.54, 1.807) is 13.0 Å². The number of carbonyl (C=O) groups excluding carboxylic acids is 1. The fraction of sp³-hybridized carbons (Fsp3) is 0.577. The predicted molar refractivity (Wildman–Crippen MR) is 135 cm³/mol. The molecule has 36 heavy (non-hydrogen) atoms. The van der Waals surface area contributed by atoms with Crippen molar-refractivity contribution in [3.8, 4) is 0 Å². The first kappa shape index (κ1) is 30.4. The molecule has 0 aromatic heterocycles. The molecule has 2 rings (SSSR count). The highest BCUT2D eigenvalue weighted by Crippen LogP contribution is 2.36. The molecule has 1 aliphatic carbocycles. The molecular weight excluding hydrogens is 488 g/mol. The van der Waals surface area contributed by atoms with Crippen LogP contribution in [-0.4, -0.2) is 68.0 Å². The van der Waals surface area contributed by atoms with Crippen molar-refractivity contribution in [1.29, 1.82) is 0 Å². The molecule has 1 aromatic rings. The quantitative estimate of drug-likeness (QED) is 0.116. The minimum atomic E-state index is -0.659. The van der Waals surface area contributed by atoms with E-state index in [4.69, 9.17) is 22.0 Å². The van der Waals surface area contributed by atoms with Crippen molar-refractivity contribution in [2.75, 3.05) is 6.54 Å². The van der Waals surface area contributed by atoms with Crippen molar-refractivity contribution in [3.05, 3.63) is 59.2 Å². The van der Waals surface area contributed by atoms with Crippen molar-refractivity contribution >= 4 is 17.5 Å². The van der Waals surface area contributed by atoms with Crippen LogP contribution in [0.3, 0.4) is 0 Å². The molecule has 0 aliphatic heterocycles. The highest BCUT2D eigenvalue weighted by Gasteiger charge is 2.39. The maximum absolute atomic E-state index is 11.8. The minimum Gasteiger partial charge on any atom is -0.393 e. The zero-order valence-electron chi connectivity index (χ0n) is 20.6. The molecule has 1 aromatic carbocycles. The number of nitrogens with zero attached hydrogens (tertiary/aromatic N) is 1. The number of allylic oxidation sites excluding steroid dienone is 2. The van der Waals surface area contributed by atoms with Gasteiger partial charge in [0.15, 0.2) is 0 Å². The Morgan fingerprint density at radius 3 is 2.78 bits per heavy atom. The molecular formula is C26H39ClN2O7. The van der Waals surface area contributed by atoms with Gasteiger partial charge >= 0.3 is 0 Å². The Balaban J connectivity index is 1.71. The third kappa shape index (κ3) is 11.5. The van der Waals surface area contributed by atoms with Crippen molar-refractivity contribution in [2.24, 2.45) is 11.8 Å². The number of benzene rings is 1. The van der Waals surface area contributed by atoms with Gasteiger partial charge in [0.2, 0.25) is 5.91 Å². The Labute approximate surface area is 217 Å². The summed E-state index contributed by atoms with van der Waals surface area (Å²) in [5.74, 6) is -0.543. The Hall–Kier alpha value is -1.82. The molecule has 10 heteroatoms. The van der Waals surface area contributed by atoms with Gasteiger partial charge in [-0.1, -0.05) is 48.0 Å². The first-order valence-corrected chi connectivity index (χ1v) is 12.8. The summed E-state index contributed by atoms with van der Waals surface area (Å²) in [5.41, 5.74) is 1.05. The third-order valence-electron chi connectivity index (χ3n) is 6.30. The Kier molecular flexibility index (Phi) is 13.6. The van der Waals surface area contributed by atoms with Gasteiger partial charge in [-0.15, -0.1) is 0 Å². The molecule has 202 valence electrons. The number of hydrogen-bond acceptors (Lipinski definition) is 8. The molecule has 0 bridgehead atoms. The Bertz CT molecular complexity index is 851. The van der Waals surface area contributed by atoms with Crippen molar-refractivity contribution < 1.29 is 35.4 Å². The number of unbranched alkanes of at least 4 members (excludes halogenated alkanes) is 1. The number of amides is 1. The maximum atomic E-state index is 11.8. The van der Waals surface area contributed by atoms with E-state index in [9.17, 15) is 20.1 Å². The van der Waals surface area contributed by atoms with Crippen molar-refractivity contribution in [2.45, 2.75) is 76.3 Å². The van der Waals surface area contributed by atoms with E-state index in [0.29, 0.717) is 50.0 Å². The second-order valence-corrected chi connectivity index (χ2v) is 9.74. The van der Waals surface area contributed by atoms with E-state index in [1.807, 2.05) is 42.5 Å². The Morgan fingerprint density at radius 1 is 1.28 bits per heavy atom. The number of hydrogen-bond donors (Lipinski definition) is 6. The molecule has 1 saturated carbocycles. The van der Waals surface area contributed by atoms with Gasteiger partial charge in [-0.05, 0) is 62.6 Å². The summed E-state index contributed by atoms with van der Waals surface area (Å²) in [6.07, 6.45) is 8.71. The van der Waals surface area contributed by atoms with E-state index in [0.717, 1.165) is 5.56 Å². The lowest BCUT2D eigenvalue weighted by Crippen LogP contribution is -2.34. The van der Waals surface area contributed by atoms with E-state index < -0.39 is 24.4 Å². The highest BCUT2D eigenvalue weighted by atomic mass is 35.5. The zero-order valence-corrected chi connectivity index (χ0v) is 21.4. The van der Waals surface area contributed by atoms with Gasteiger partial charge in [-0.2, -0.15) is 0 Å². The van der Waals surface area contributed by atoms with Crippen molar-refractivity contribution in [3.63, 3.8) is 0 Å². The van der Waals surface area contributed by atoms with Crippen LogP contribution >= 0.6 is 11.6 Å². The van der Waals surface area contributed by atoms with Gasteiger partial charge in [-0.25, -0.2) is 4.84 Å². The second-order valence-electron chi connectivity index (χ2n) is 9.30. The van der Waals surface area contributed by atoms with Crippen LogP contribution in [0.15, 0.2) is 48.6 Å². The minimum absolute atomic E-state index is 0.143. The molecule has 0 heterocycles. The lowest BCUT2D eigenvalue weighted by atomic mass is 9.89. The average molecular weight is 527 g/mol. The van der Waals surface area contributed by atoms with Crippen LogP contribution in [0.5, 0.6) is 0 Å². The van der Waals surface area contributed by atoms with Crippen molar-refractivity contribution in [1.82, 2.24) is 10.7 Å². The summed E-state index contributed by atoms with van der Waals surface area (Å²) in [6, 6.07) is 7.53. The summed E-state index contributed by atoms with van der Waals surface area (Å²) >= 11 is 6.00. The number of rotatable bonds is 15. The van der Waals surface area contributed by atoms with E-state index in [2.05, 4.69) is 10.2 Å². The summed E-state index contributed by atoms with van der Waals surface area (Å²) in [6.45, 7) is 1.74. The lowest BCUT2D eigenvalue weighted by molar-refractivity contribution is -0.502. The van der Waals surface area contributed by atoms with E-state index in [1.165, 1.54) is 0 Å². The number of nitrogens with one attached hydrogen (secondary N) is 1. The van der Waals surface area contributed by atoms with Gasteiger partial charge in [-0.3, -0.25) is 15.2 Å². The number of carbonyl (C=O) groups is 1. The first-order chi connectivity index (χ1) is 17.2. The standard InChI is InChI=1S/C26H39ClN2O7/c1-18(36-29(34)35)17-28-26(33)10-5-3-2-4-9-22-23(25(32)16-24(22)31)14-13-21(30)12-11-19-7-6-8-20(27)15-19/h2,4,6-8,13-15,18,21-25,30-32,34-35H,3,5,9-12,16-17H2,1H3,(H,28,33)/b4-2-,14-13+/t18?,21-,22+,23+,24-,25+/m0/s1. The fourth-order valence-electron chi connectivity index (χ4n) is 4.36. The molecule has 9 nitrogen and oxygen atoms in total. The summed E-state index contributed by atoms with van der Waals surface area (Å²) in [7, 11) is 0. The summed E-state index contributed by atoms with van der Waals surface area (Å²) in [4.78, 5) is 16.4. The van der Waals surface area contributed by atoms with Crippen LogP contribution in [0.25, 0.3) is 0 Å². The molecule has 1 fully saturated rings. The molecule has 6 atom stereocenters. The number of halogens is 1. The summed E-state index contributed by atoms with van der Waals surface area (Å²) in [5, 5.41) is 51.2. The topological polar surface area (TPSA) is 143 Å². The largest absolute Gasteiger partial charge is 0.393 e. The van der Waals surface area contributed by atoms with Crippen LogP contribution in [0, 0.1) is 11.8 Å². The molecule has 6 N–H and O–H groups in total. The maximum Gasteiger partial charge on any atom is 0.220 e. The van der Waals surface area contributed by atoms with Crippen LogP contribution in [0.4, 0.5) is 0 Å². The number of aliphatic hydroxyl groups excluding tert-OH is 3. The van der Waals surface area contributed by atoms with Crippen LogP contribution in [0.2, 0.25) is 5.02 Å². The van der Waals surface area contributed by atoms with Gasteiger partial charge in [0.25, 0.3) is 0 Å². The molecule has 1 unspecified atom stereocenters. The molecule has 1 aliphatic rings. The number of aryl methyl sites for hydroxylation is 1. The smallest absolute Gasteiger partial charge is 0.220 e. The van der Waals surface area contributed by atoms with Crippen LogP contribution in [0.1, 0.15) is 51.0 Å². The predicted octanol–water partition coefficient (Wildman–Crippen LogP) is 3.18. The van der Waals surface area contributed by atoms with Gasteiger partial charge in [0.1, 0.15) is 0 Å². The second kappa shape index (κ2) is 16.1. The average Bonchev–Trinajstić information content (AvgIpc) is 3.08. The third-order valence-corrected chi connectivity index (χ3v) is 6.53. The normalized spacial score (nSPS) is 24.1. The molecule has 1 amide bonds. The summed E-state index contributed by atoms with van der Waals surface area (Å²) < 4.78 is 0. The monoisotopic (exact) mass is 526 g/mol. The van der Waals surface area contributed by atoms with Gasteiger partial charge in [0, 0.05) is 30.3 Å². The van der Waals surface area contributed by atoms with E-state index >= 15 is 0 Å². The molecule has 0 spiro atoms. The number of aliphatic hydroxyl groups is 3. The Morgan fingerprint density at radius 2 is 2.06 bits per heavy atom. The molecule has 0 radical (unpaired) electrons. The lowest BCUT2D eigenvalue weighted by Gasteiger charge is -2.19. The van der Waals surface area contributed by atoms with Gasteiger partial charge < -0.3 is 20.6 Å². The molecule has 0 saturated heterocycles. The fourth-order valence-corrected chi connectivity index (χ4v) is 4.57. The first-order valence-electron chi connectivity index (χ1n) is 12.4. The van der Waals surface area contributed by atoms with Crippen LogP contribution < -0.4 is 5.32 Å². The SMILES string of the molecule is CC(CNC(=O)CCC/C=C\C[C@@H]1[C@@H](/C=C/[C@@H](O)CCc2cccc(Cl)c2)[C@H](O)C[C@@H]1O)ON(O)O. The van der Waals surface area contributed by atoms with Gasteiger partial charge in [0.05, 0.1) is 29.8 Å².